The first-order valence-corrected chi connectivity index (χ1v) is 7.66. The maximum absolute atomic E-state index is 12.5. The van der Waals surface area contributed by atoms with E-state index in [2.05, 4.69) is 15.4 Å². The lowest BCUT2D eigenvalue weighted by molar-refractivity contribution is -0.126. The van der Waals surface area contributed by atoms with Gasteiger partial charge in [-0.3, -0.25) is 4.79 Å². The fourth-order valence-electron chi connectivity index (χ4n) is 2.74. The van der Waals surface area contributed by atoms with Crippen molar-refractivity contribution in [2.75, 3.05) is 13.1 Å². The van der Waals surface area contributed by atoms with E-state index in [-0.39, 0.29) is 36.0 Å². The molecule has 2 atom stereocenters. The first kappa shape index (κ1) is 19.6. The molecule has 0 spiro atoms. The lowest BCUT2D eigenvalue weighted by Crippen LogP contribution is -2.41. The Morgan fingerprint density at radius 1 is 1.43 bits per heavy atom. The van der Waals surface area contributed by atoms with Crippen LogP contribution in [0.1, 0.15) is 37.8 Å². The fourth-order valence-corrected chi connectivity index (χ4v) is 2.74. The van der Waals surface area contributed by atoms with Gasteiger partial charge in [0.25, 0.3) is 0 Å². The maximum Gasteiger partial charge on any atom is 0.387 e. The third-order valence-corrected chi connectivity index (χ3v) is 3.90. The molecule has 2 N–H and O–H groups in total. The first-order valence-electron chi connectivity index (χ1n) is 7.66. The summed E-state index contributed by atoms with van der Waals surface area (Å²) in [5, 5.41) is 6.16. The molecule has 7 heteroatoms. The molecule has 1 aromatic rings. The zero-order chi connectivity index (χ0) is 15.9. The Labute approximate surface area is 141 Å². The molecule has 1 aliphatic rings. The van der Waals surface area contributed by atoms with Crippen molar-refractivity contribution in [3.8, 4) is 5.75 Å². The van der Waals surface area contributed by atoms with Crippen LogP contribution in [-0.2, 0) is 4.79 Å². The Hall–Kier alpha value is -1.40. The third kappa shape index (κ3) is 5.62. The number of carbonyl (C=O) groups is 1. The van der Waals surface area contributed by atoms with Gasteiger partial charge in [-0.15, -0.1) is 12.4 Å². The molecule has 0 aromatic heterocycles. The number of ether oxygens (including phenoxy) is 1. The number of alkyl halides is 2. The van der Waals surface area contributed by atoms with Crippen LogP contribution in [0.3, 0.4) is 0 Å². The fraction of sp³-hybridized carbons (Fsp3) is 0.562. The Morgan fingerprint density at radius 3 is 2.78 bits per heavy atom. The smallest absolute Gasteiger partial charge is 0.387 e. The number of halogens is 3. The number of hydrogen-bond donors (Lipinski definition) is 2. The Kier molecular flexibility index (Phi) is 8.26. The lowest BCUT2D eigenvalue weighted by atomic mass is 9.97. The molecule has 1 saturated heterocycles. The Morgan fingerprint density at radius 2 is 2.17 bits per heavy atom. The summed E-state index contributed by atoms with van der Waals surface area (Å²) in [6, 6.07) is 6.28. The van der Waals surface area contributed by atoms with Crippen LogP contribution in [0, 0.1) is 5.92 Å². The predicted octanol–water partition coefficient (Wildman–Crippen LogP) is 3.28. The molecule has 1 fully saturated rings. The molecule has 0 saturated carbocycles. The second-order valence-electron chi connectivity index (χ2n) is 5.43. The number of nitrogens with one attached hydrogen (secondary N) is 2. The van der Waals surface area contributed by atoms with Gasteiger partial charge in [0.1, 0.15) is 5.75 Å². The van der Waals surface area contributed by atoms with Gasteiger partial charge in [-0.2, -0.15) is 8.78 Å². The van der Waals surface area contributed by atoms with E-state index in [9.17, 15) is 13.6 Å². The molecule has 0 aliphatic carbocycles. The number of hydrogen-bond acceptors (Lipinski definition) is 3. The molecule has 1 aromatic carbocycles. The van der Waals surface area contributed by atoms with E-state index in [1.54, 1.807) is 18.2 Å². The van der Waals surface area contributed by atoms with E-state index in [1.165, 1.54) is 6.07 Å². The van der Waals surface area contributed by atoms with E-state index in [0.29, 0.717) is 18.5 Å². The van der Waals surface area contributed by atoms with Crippen LogP contribution in [0.15, 0.2) is 24.3 Å². The lowest BCUT2D eigenvalue weighted by Gasteiger charge is -2.26. The van der Waals surface area contributed by atoms with Crippen LogP contribution < -0.4 is 15.4 Å². The van der Waals surface area contributed by atoms with Crippen LogP contribution in [-0.4, -0.2) is 25.6 Å². The van der Waals surface area contributed by atoms with Crippen LogP contribution in [0.2, 0.25) is 0 Å². The molecule has 1 aliphatic heterocycles. The SMILES string of the molecule is CCC(NC(=O)C1CCCNC1)c1ccccc1OC(F)F.Cl. The minimum absolute atomic E-state index is 0. The van der Waals surface area contributed by atoms with Gasteiger partial charge in [-0.25, -0.2) is 0 Å². The Bertz CT molecular complexity index is 497. The van der Waals surface area contributed by atoms with Crippen molar-refractivity contribution in [1.82, 2.24) is 10.6 Å². The Balaban J connectivity index is 0.00000264. The van der Waals surface area contributed by atoms with E-state index >= 15 is 0 Å². The summed E-state index contributed by atoms with van der Waals surface area (Å²) in [5.74, 6) is 0.0169. The van der Waals surface area contributed by atoms with Gasteiger partial charge in [0.2, 0.25) is 5.91 Å². The topological polar surface area (TPSA) is 50.4 Å². The van der Waals surface area contributed by atoms with Crippen molar-refractivity contribution >= 4 is 18.3 Å². The highest BCUT2D eigenvalue weighted by Gasteiger charge is 2.25. The zero-order valence-electron chi connectivity index (χ0n) is 13.1. The molecule has 1 heterocycles. The number of piperidine rings is 1. The standard InChI is InChI=1S/C16H22F2N2O2.ClH/c1-2-13(20-15(21)11-6-5-9-19-10-11)12-7-3-4-8-14(12)22-16(17)18;/h3-4,7-8,11,13,16,19H,2,5-6,9-10H2,1H3,(H,20,21);1H. The number of rotatable bonds is 6. The summed E-state index contributed by atoms with van der Waals surface area (Å²) in [4.78, 5) is 12.3. The van der Waals surface area contributed by atoms with Gasteiger partial charge in [-0.1, -0.05) is 25.1 Å². The molecule has 0 bridgehead atoms. The van der Waals surface area contributed by atoms with Crippen molar-refractivity contribution in [2.24, 2.45) is 5.92 Å². The van der Waals surface area contributed by atoms with E-state index in [4.69, 9.17) is 0 Å². The van der Waals surface area contributed by atoms with Crippen molar-refractivity contribution in [2.45, 2.75) is 38.8 Å². The summed E-state index contributed by atoms with van der Waals surface area (Å²) in [7, 11) is 0. The van der Waals surface area contributed by atoms with E-state index in [0.717, 1.165) is 19.4 Å². The van der Waals surface area contributed by atoms with Crippen LogP contribution in [0.5, 0.6) is 5.75 Å². The van der Waals surface area contributed by atoms with Gasteiger partial charge in [-0.05, 0) is 31.9 Å². The molecular formula is C16H23ClF2N2O2. The second kappa shape index (κ2) is 9.67. The first-order chi connectivity index (χ1) is 10.6. The van der Waals surface area contributed by atoms with Crippen molar-refractivity contribution < 1.29 is 18.3 Å². The van der Waals surface area contributed by atoms with Gasteiger partial charge in [0.15, 0.2) is 0 Å². The summed E-state index contributed by atoms with van der Waals surface area (Å²) in [6.07, 6.45) is 2.43. The molecule has 130 valence electrons. The van der Waals surface area contributed by atoms with Gasteiger partial charge in [0.05, 0.1) is 12.0 Å². The second-order valence-corrected chi connectivity index (χ2v) is 5.43. The molecule has 0 radical (unpaired) electrons. The predicted molar refractivity (Wildman–Crippen MR) is 87.1 cm³/mol. The normalized spacial score (nSPS) is 18.9. The van der Waals surface area contributed by atoms with Crippen LogP contribution >= 0.6 is 12.4 Å². The molecule has 1 amide bonds. The number of carbonyl (C=O) groups excluding carboxylic acids is 1. The minimum Gasteiger partial charge on any atom is -0.434 e. The molecular weight excluding hydrogens is 326 g/mol. The number of benzene rings is 1. The van der Waals surface area contributed by atoms with Crippen molar-refractivity contribution in [3.05, 3.63) is 29.8 Å². The van der Waals surface area contributed by atoms with Gasteiger partial charge >= 0.3 is 6.61 Å². The summed E-state index contributed by atoms with van der Waals surface area (Å²) in [6.45, 7) is 0.629. The van der Waals surface area contributed by atoms with Gasteiger partial charge in [0, 0.05) is 12.1 Å². The van der Waals surface area contributed by atoms with E-state index < -0.39 is 6.61 Å². The third-order valence-electron chi connectivity index (χ3n) is 3.90. The highest BCUT2D eigenvalue weighted by Crippen LogP contribution is 2.29. The largest absolute Gasteiger partial charge is 0.434 e. The monoisotopic (exact) mass is 348 g/mol. The number of amides is 1. The molecule has 2 rings (SSSR count). The zero-order valence-corrected chi connectivity index (χ0v) is 13.9. The van der Waals surface area contributed by atoms with Crippen molar-refractivity contribution in [1.29, 1.82) is 0 Å². The molecule has 2 unspecified atom stereocenters. The highest BCUT2D eigenvalue weighted by atomic mass is 35.5. The average Bonchev–Trinajstić information content (AvgIpc) is 2.53. The minimum atomic E-state index is -2.88. The molecule has 23 heavy (non-hydrogen) atoms. The summed E-state index contributed by atoms with van der Waals surface area (Å²) in [5.41, 5.74) is 0.586. The summed E-state index contributed by atoms with van der Waals surface area (Å²) < 4.78 is 29.6. The van der Waals surface area contributed by atoms with Crippen molar-refractivity contribution in [3.63, 3.8) is 0 Å². The summed E-state index contributed by atoms with van der Waals surface area (Å²) >= 11 is 0. The van der Waals surface area contributed by atoms with Crippen LogP contribution in [0.4, 0.5) is 8.78 Å². The van der Waals surface area contributed by atoms with E-state index in [1.807, 2.05) is 6.92 Å². The highest BCUT2D eigenvalue weighted by molar-refractivity contribution is 5.85. The quantitative estimate of drug-likeness (QED) is 0.829. The van der Waals surface area contributed by atoms with Gasteiger partial charge < -0.3 is 15.4 Å². The molecule has 4 nitrogen and oxygen atoms in total. The number of para-hydroxylation sites is 1. The average molecular weight is 349 g/mol. The maximum atomic E-state index is 12.5. The van der Waals surface area contributed by atoms with Crippen LogP contribution in [0.25, 0.3) is 0 Å².